The quantitative estimate of drug-likeness (QED) is 0.0261. The monoisotopic (exact) mass is 983 g/mol. The second-order valence-corrected chi connectivity index (χ2v) is 18.8. The number of esters is 3. The molecule has 71 heavy (non-hydrogen) atoms. The van der Waals surface area contributed by atoms with Gasteiger partial charge in [-0.2, -0.15) is 0 Å². The molecular formula is C65H106O6. The summed E-state index contributed by atoms with van der Waals surface area (Å²) in [4.78, 5) is 38.2. The van der Waals surface area contributed by atoms with Crippen molar-refractivity contribution in [1.82, 2.24) is 0 Å². The second kappa shape index (κ2) is 58.4. The maximum absolute atomic E-state index is 12.8. The third-order valence-electron chi connectivity index (χ3n) is 12.0. The molecule has 402 valence electrons. The Hall–Kier alpha value is -4.19. The molecule has 6 heteroatoms. The number of carbonyl (C=O) groups is 3. The zero-order valence-electron chi connectivity index (χ0n) is 45.9. The highest BCUT2D eigenvalue weighted by Gasteiger charge is 2.19. The van der Waals surface area contributed by atoms with Gasteiger partial charge in [-0.15, -0.1) is 0 Å². The molecule has 0 bridgehead atoms. The summed E-state index contributed by atoms with van der Waals surface area (Å²) in [6.45, 7) is 6.34. The molecule has 0 aromatic rings. The van der Waals surface area contributed by atoms with E-state index in [2.05, 4.69) is 142 Å². The molecule has 0 amide bonds. The number of hydrogen-bond donors (Lipinski definition) is 0. The maximum atomic E-state index is 12.8. The van der Waals surface area contributed by atoms with Crippen molar-refractivity contribution in [2.45, 2.75) is 258 Å². The predicted octanol–water partition coefficient (Wildman–Crippen LogP) is 19.6. The summed E-state index contributed by atoms with van der Waals surface area (Å²) in [5, 5.41) is 0. The topological polar surface area (TPSA) is 78.9 Å². The average Bonchev–Trinajstić information content (AvgIpc) is 3.37. The minimum Gasteiger partial charge on any atom is -0.462 e. The summed E-state index contributed by atoms with van der Waals surface area (Å²) in [5.41, 5.74) is 0. The number of hydrogen-bond acceptors (Lipinski definition) is 6. The first-order chi connectivity index (χ1) is 35.0. The summed E-state index contributed by atoms with van der Waals surface area (Å²) < 4.78 is 16.8. The number of allylic oxidation sites excluding steroid dienone is 20. The number of rotatable bonds is 51. The molecule has 0 saturated carbocycles. The van der Waals surface area contributed by atoms with Crippen molar-refractivity contribution in [2.24, 2.45) is 0 Å². The molecule has 0 rings (SSSR count). The highest BCUT2D eigenvalue weighted by atomic mass is 16.6. The van der Waals surface area contributed by atoms with E-state index in [1.165, 1.54) is 89.9 Å². The standard InChI is InChI=1S/C65H106O6/c1-4-7-10-13-16-19-22-25-28-31-32-35-37-40-43-46-49-52-55-58-64(67)70-61-62(71-65(68)59-56-53-50-47-44-41-38-34-30-27-24-21-18-15-12-9-6-3)60-69-63(66)57-54-51-48-45-42-39-36-33-29-26-23-20-17-14-11-8-5-2/h7,9-10,12,16,18-19,21,25,27-28,30,32,35,38,40-41,43,47,50,62H,4-6,8,11,13-15,17,20,22-24,26,29,31,33-34,36-37,39,42,44-46,48-49,51-61H2,1-3H3/b10-7-,12-9-,19-16-,21-18-,28-25-,30-27-,35-32-,41-38-,43-40-,50-47-/t62-/m0/s1. The molecule has 0 aliphatic heterocycles. The van der Waals surface area contributed by atoms with Crippen molar-refractivity contribution in [1.29, 1.82) is 0 Å². The van der Waals surface area contributed by atoms with Gasteiger partial charge in [-0.1, -0.05) is 251 Å². The van der Waals surface area contributed by atoms with Crippen LogP contribution in [0.15, 0.2) is 122 Å². The summed E-state index contributed by atoms with van der Waals surface area (Å²) in [6, 6.07) is 0. The van der Waals surface area contributed by atoms with E-state index >= 15 is 0 Å². The molecule has 0 saturated heterocycles. The first kappa shape index (κ1) is 66.8. The van der Waals surface area contributed by atoms with Crippen LogP contribution in [0.2, 0.25) is 0 Å². The lowest BCUT2D eigenvalue weighted by Gasteiger charge is -2.18. The van der Waals surface area contributed by atoms with Gasteiger partial charge < -0.3 is 14.2 Å². The van der Waals surface area contributed by atoms with Crippen LogP contribution < -0.4 is 0 Å². The van der Waals surface area contributed by atoms with Gasteiger partial charge in [0.15, 0.2) is 6.10 Å². The third-order valence-corrected chi connectivity index (χ3v) is 12.0. The van der Waals surface area contributed by atoms with Crippen LogP contribution in [0.1, 0.15) is 252 Å². The van der Waals surface area contributed by atoms with Gasteiger partial charge >= 0.3 is 17.9 Å². The maximum Gasteiger partial charge on any atom is 0.306 e. The van der Waals surface area contributed by atoms with Gasteiger partial charge in [0.1, 0.15) is 13.2 Å². The van der Waals surface area contributed by atoms with E-state index in [1.54, 1.807) is 0 Å². The molecule has 0 aliphatic carbocycles. The van der Waals surface area contributed by atoms with Crippen molar-refractivity contribution in [3.05, 3.63) is 122 Å². The highest BCUT2D eigenvalue weighted by Crippen LogP contribution is 2.15. The lowest BCUT2D eigenvalue weighted by Crippen LogP contribution is -2.30. The Morgan fingerprint density at radius 1 is 0.296 bits per heavy atom. The van der Waals surface area contributed by atoms with E-state index in [4.69, 9.17) is 14.2 Å². The molecule has 1 atom stereocenters. The van der Waals surface area contributed by atoms with Crippen LogP contribution in [0.5, 0.6) is 0 Å². The van der Waals surface area contributed by atoms with Crippen LogP contribution in [0, 0.1) is 0 Å². The summed E-state index contributed by atoms with van der Waals surface area (Å²) in [7, 11) is 0. The molecule has 0 aromatic heterocycles. The third kappa shape index (κ3) is 56.6. The Balaban J connectivity index is 4.53. The molecule has 0 fully saturated rings. The van der Waals surface area contributed by atoms with Crippen molar-refractivity contribution in [2.75, 3.05) is 13.2 Å². The van der Waals surface area contributed by atoms with E-state index < -0.39 is 6.10 Å². The van der Waals surface area contributed by atoms with Gasteiger partial charge in [0.25, 0.3) is 0 Å². The van der Waals surface area contributed by atoms with E-state index in [0.29, 0.717) is 19.3 Å². The first-order valence-electron chi connectivity index (χ1n) is 29.0. The molecule has 0 heterocycles. The van der Waals surface area contributed by atoms with Crippen molar-refractivity contribution in [3.8, 4) is 0 Å². The van der Waals surface area contributed by atoms with Crippen molar-refractivity contribution < 1.29 is 28.6 Å². The Bertz CT molecular complexity index is 1500. The normalized spacial score (nSPS) is 13.0. The van der Waals surface area contributed by atoms with Gasteiger partial charge in [-0.25, -0.2) is 0 Å². The van der Waals surface area contributed by atoms with Crippen LogP contribution in [0.25, 0.3) is 0 Å². The first-order valence-corrected chi connectivity index (χ1v) is 29.0. The lowest BCUT2D eigenvalue weighted by atomic mass is 10.0. The molecule has 6 nitrogen and oxygen atoms in total. The molecule has 0 N–H and O–H groups in total. The summed E-state index contributed by atoms with van der Waals surface area (Å²) >= 11 is 0. The Morgan fingerprint density at radius 3 is 0.901 bits per heavy atom. The minimum atomic E-state index is -0.824. The average molecular weight is 984 g/mol. The van der Waals surface area contributed by atoms with E-state index in [9.17, 15) is 14.4 Å². The van der Waals surface area contributed by atoms with Crippen LogP contribution in [0.4, 0.5) is 0 Å². The molecule has 0 aliphatic rings. The summed E-state index contributed by atoms with van der Waals surface area (Å²) in [5.74, 6) is -1.00. The van der Waals surface area contributed by atoms with Crippen LogP contribution in [-0.2, 0) is 28.6 Å². The predicted molar refractivity (Wildman–Crippen MR) is 306 cm³/mol. The lowest BCUT2D eigenvalue weighted by molar-refractivity contribution is -0.167. The molecular weight excluding hydrogens is 877 g/mol. The zero-order chi connectivity index (χ0) is 51.4. The van der Waals surface area contributed by atoms with E-state index in [-0.39, 0.29) is 37.5 Å². The molecule has 0 unspecified atom stereocenters. The minimum absolute atomic E-state index is 0.112. The molecule has 0 radical (unpaired) electrons. The zero-order valence-corrected chi connectivity index (χ0v) is 45.9. The van der Waals surface area contributed by atoms with Gasteiger partial charge in [0.2, 0.25) is 0 Å². The van der Waals surface area contributed by atoms with Crippen molar-refractivity contribution >= 4 is 17.9 Å². The Morgan fingerprint density at radius 2 is 0.563 bits per heavy atom. The highest BCUT2D eigenvalue weighted by molar-refractivity contribution is 5.71. The van der Waals surface area contributed by atoms with Crippen molar-refractivity contribution in [3.63, 3.8) is 0 Å². The summed E-state index contributed by atoms with van der Waals surface area (Å²) in [6.07, 6.45) is 80.5. The fraction of sp³-hybridized carbons (Fsp3) is 0.646. The van der Waals surface area contributed by atoms with E-state index in [0.717, 1.165) is 116 Å². The van der Waals surface area contributed by atoms with Crippen LogP contribution >= 0.6 is 0 Å². The molecule has 0 aromatic carbocycles. The molecule has 0 spiro atoms. The number of carbonyl (C=O) groups excluding carboxylic acids is 3. The van der Waals surface area contributed by atoms with Crippen LogP contribution in [-0.4, -0.2) is 37.2 Å². The van der Waals surface area contributed by atoms with E-state index in [1.807, 2.05) is 0 Å². The largest absolute Gasteiger partial charge is 0.462 e. The Labute approximate surface area is 437 Å². The fourth-order valence-electron chi connectivity index (χ4n) is 7.68. The smallest absolute Gasteiger partial charge is 0.306 e. The van der Waals surface area contributed by atoms with Gasteiger partial charge in [0, 0.05) is 19.3 Å². The van der Waals surface area contributed by atoms with Crippen LogP contribution in [0.3, 0.4) is 0 Å². The number of ether oxygens (including phenoxy) is 3. The second-order valence-electron chi connectivity index (χ2n) is 18.8. The van der Waals surface area contributed by atoms with Gasteiger partial charge in [-0.3, -0.25) is 14.4 Å². The fourth-order valence-corrected chi connectivity index (χ4v) is 7.68. The number of unbranched alkanes of at least 4 members (excludes halogenated alkanes) is 20. The van der Waals surface area contributed by atoms with Gasteiger partial charge in [-0.05, 0) is 103 Å². The van der Waals surface area contributed by atoms with Gasteiger partial charge in [0.05, 0.1) is 0 Å². The Kier molecular flexibility index (Phi) is 54.9. The SMILES string of the molecule is CC/C=C\C/C=C\C/C=C\C/C=C\C/C=C\CCCCCC(=O)OC[C@H](COC(=O)CCCCCCCCCCCCCCCCCCC)OC(=O)CCC/C=C\C/C=C\C/C=C\C/C=C\C/C=C\CC.